The van der Waals surface area contributed by atoms with Crippen LogP contribution in [0.5, 0.6) is 0 Å². The normalized spacial score (nSPS) is 18.6. The zero-order valence-corrected chi connectivity index (χ0v) is 13.2. The molecule has 2 N–H and O–H groups in total. The van der Waals surface area contributed by atoms with E-state index in [0.29, 0.717) is 31.1 Å². The summed E-state index contributed by atoms with van der Waals surface area (Å²) in [6.07, 6.45) is 4.09. The van der Waals surface area contributed by atoms with Crippen molar-refractivity contribution >= 4 is 17.2 Å². The number of aryl methyl sites for hydroxylation is 1. The summed E-state index contributed by atoms with van der Waals surface area (Å²) >= 11 is 1.57. The molecule has 0 aromatic carbocycles. The van der Waals surface area contributed by atoms with Gasteiger partial charge in [-0.2, -0.15) is 4.98 Å². The molecule has 0 spiro atoms. The minimum absolute atomic E-state index is 0.131. The van der Waals surface area contributed by atoms with Crippen LogP contribution < -0.4 is 5.73 Å². The highest BCUT2D eigenvalue weighted by atomic mass is 32.1. The zero-order chi connectivity index (χ0) is 15.4. The van der Waals surface area contributed by atoms with Gasteiger partial charge in [0.05, 0.1) is 4.88 Å². The first-order valence-corrected chi connectivity index (χ1v) is 8.52. The van der Waals surface area contributed by atoms with Crippen LogP contribution >= 0.6 is 11.3 Å². The fourth-order valence-corrected chi connectivity index (χ4v) is 3.44. The highest BCUT2D eigenvalue weighted by molar-refractivity contribution is 7.13. The van der Waals surface area contributed by atoms with Crippen LogP contribution in [-0.2, 0) is 11.2 Å². The number of rotatable bonds is 5. The van der Waals surface area contributed by atoms with E-state index in [-0.39, 0.29) is 11.9 Å². The molecule has 1 fully saturated rings. The predicted molar refractivity (Wildman–Crippen MR) is 84.3 cm³/mol. The Bertz CT molecular complexity index is 611. The standard InChI is InChI=1S/C15H20N4O2S/c16-10-11-4-1-2-8-19(11)14(20)7-6-13-17-15(18-21-13)12-5-3-9-22-12/h3,5,9,11H,1-2,4,6-8,10,16H2. The number of hydrogen-bond acceptors (Lipinski definition) is 6. The fourth-order valence-electron chi connectivity index (χ4n) is 2.79. The lowest BCUT2D eigenvalue weighted by Gasteiger charge is -2.35. The lowest BCUT2D eigenvalue weighted by molar-refractivity contribution is -0.134. The van der Waals surface area contributed by atoms with Crippen molar-refractivity contribution in [2.45, 2.75) is 38.1 Å². The molecule has 1 atom stereocenters. The molecule has 7 heteroatoms. The van der Waals surface area contributed by atoms with E-state index in [9.17, 15) is 4.79 Å². The van der Waals surface area contributed by atoms with E-state index < -0.39 is 0 Å². The molecule has 3 heterocycles. The minimum atomic E-state index is 0.131. The van der Waals surface area contributed by atoms with Gasteiger partial charge in [0.15, 0.2) is 0 Å². The predicted octanol–water partition coefficient (Wildman–Crippen LogP) is 2.07. The van der Waals surface area contributed by atoms with Gasteiger partial charge in [-0.25, -0.2) is 0 Å². The van der Waals surface area contributed by atoms with Crippen LogP contribution in [0.15, 0.2) is 22.0 Å². The van der Waals surface area contributed by atoms with Crippen LogP contribution in [0.1, 0.15) is 31.6 Å². The van der Waals surface area contributed by atoms with Crippen molar-refractivity contribution in [2.75, 3.05) is 13.1 Å². The topological polar surface area (TPSA) is 85.2 Å². The Morgan fingerprint density at radius 2 is 2.41 bits per heavy atom. The second-order valence-corrected chi connectivity index (χ2v) is 6.41. The Labute approximate surface area is 133 Å². The van der Waals surface area contributed by atoms with Crippen LogP contribution in [-0.4, -0.2) is 40.1 Å². The lowest BCUT2D eigenvalue weighted by Crippen LogP contribution is -2.47. The maximum Gasteiger partial charge on any atom is 0.227 e. The summed E-state index contributed by atoms with van der Waals surface area (Å²) in [5, 5.41) is 5.93. The van der Waals surface area contributed by atoms with E-state index in [1.54, 1.807) is 11.3 Å². The number of nitrogens with two attached hydrogens (primary N) is 1. The second-order valence-electron chi connectivity index (χ2n) is 5.46. The summed E-state index contributed by atoms with van der Waals surface area (Å²) in [4.78, 5) is 19.6. The third-order valence-electron chi connectivity index (χ3n) is 3.98. The number of likely N-dealkylation sites (tertiary alicyclic amines) is 1. The van der Waals surface area contributed by atoms with Gasteiger partial charge in [0.2, 0.25) is 17.6 Å². The number of carbonyl (C=O) groups excluding carboxylic acids is 1. The Morgan fingerprint density at radius 3 is 3.18 bits per heavy atom. The first-order valence-electron chi connectivity index (χ1n) is 7.64. The first-order chi connectivity index (χ1) is 10.8. The molecule has 2 aromatic heterocycles. The lowest BCUT2D eigenvalue weighted by atomic mass is 10.0. The van der Waals surface area contributed by atoms with Crippen molar-refractivity contribution in [3.63, 3.8) is 0 Å². The molecule has 118 valence electrons. The number of carbonyl (C=O) groups is 1. The molecule has 6 nitrogen and oxygen atoms in total. The zero-order valence-electron chi connectivity index (χ0n) is 12.4. The van der Waals surface area contributed by atoms with Gasteiger partial charge < -0.3 is 15.2 Å². The van der Waals surface area contributed by atoms with E-state index in [4.69, 9.17) is 10.3 Å². The van der Waals surface area contributed by atoms with Crippen molar-refractivity contribution in [1.29, 1.82) is 0 Å². The van der Waals surface area contributed by atoms with Crippen molar-refractivity contribution in [1.82, 2.24) is 15.0 Å². The maximum atomic E-state index is 12.4. The summed E-state index contributed by atoms with van der Waals surface area (Å²) in [7, 11) is 0. The second kappa shape index (κ2) is 7.02. The third kappa shape index (κ3) is 3.36. The van der Waals surface area contributed by atoms with Gasteiger partial charge >= 0.3 is 0 Å². The molecule has 1 amide bonds. The average Bonchev–Trinajstić information content (AvgIpc) is 3.23. The summed E-state index contributed by atoms with van der Waals surface area (Å²) in [5.41, 5.74) is 5.76. The molecule has 2 aromatic rings. The van der Waals surface area contributed by atoms with Gasteiger partial charge in [0, 0.05) is 32.0 Å². The number of thiophene rings is 1. The smallest absolute Gasteiger partial charge is 0.227 e. The Morgan fingerprint density at radius 1 is 1.50 bits per heavy atom. The Balaban J connectivity index is 1.57. The molecule has 22 heavy (non-hydrogen) atoms. The molecule has 0 radical (unpaired) electrons. The van der Waals surface area contributed by atoms with Crippen LogP contribution in [0.4, 0.5) is 0 Å². The highest BCUT2D eigenvalue weighted by Crippen LogP contribution is 2.22. The summed E-state index contributed by atoms with van der Waals surface area (Å²) in [6.45, 7) is 1.35. The largest absolute Gasteiger partial charge is 0.339 e. The van der Waals surface area contributed by atoms with E-state index in [1.165, 1.54) is 0 Å². The van der Waals surface area contributed by atoms with E-state index >= 15 is 0 Å². The minimum Gasteiger partial charge on any atom is -0.339 e. The average molecular weight is 320 g/mol. The monoisotopic (exact) mass is 320 g/mol. The molecular weight excluding hydrogens is 300 g/mol. The first kappa shape index (κ1) is 15.2. The van der Waals surface area contributed by atoms with Gasteiger partial charge in [0.1, 0.15) is 0 Å². The van der Waals surface area contributed by atoms with Gasteiger partial charge in [0.25, 0.3) is 0 Å². The fraction of sp³-hybridized carbons (Fsp3) is 0.533. The van der Waals surface area contributed by atoms with Crippen LogP contribution in [0.25, 0.3) is 10.7 Å². The van der Waals surface area contributed by atoms with Gasteiger partial charge in [-0.3, -0.25) is 4.79 Å². The quantitative estimate of drug-likeness (QED) is 0.911. The number of hydrogen-bond donors (Lipinski definition) is 1. The van der Waals surface area contributed by atoms with Gasteiger partial charge in [-0.1, -0.05) is 11.2 Å². The molecule has 0 aliphatic carbocycles. The number of aromatic nitrogens is 2. The molecule has 3 rings (SSSR count). The molecule has 1 saturated heterocycles. The molecule has 0 bridgehead atoms. The molecule has 1 aliphatic heterocycles. The van der Waals surface area contributed by atoms with Crippen LogP contribution in [0.2, 0.25) is 0 Å². The number of piperidine rings is 1. The van der Waals surface area contributed by atoms with Crippen LogP contribution in [0, 0.1) is 0 Å². The third-order valence-corrected chi connectivity index (χ3v) is 4.85. The van der Waals surface area contributed by atoms with Crippen molar-refractivity contribution < 1.29 is 9.32 Å². The van der Waals surface area contributed by atoms with E-state index in [2.05, 4.69) is 10.1 Å². The molecule has 1 aliphatic rings. The van der Waals surface area contributed by atoms with Gasteiger partial charge in [-0.15, -0.1) is 11.3 Å². The number of nitrogens with zero attached hydrogens (tertiary/aromatic N) is 3. The Hall–Kier alpha value is -1.73. The van der Waals surface area contributed by atoms with Crippen molar-refractivity contribution in [3.8, 4) is 10.7 Å². The van der Waals surface area contributed by atoms with Gasteiger partial charge in [-0.05, 0) is 30.7 Å². The SMILES string of the molecule is NCC1CCCCN1C(=O)CCc1nc(-c2cccs2)no1. The van der Waals surface area contributed by atoms with Crippen LogP contribution in [0.3, 0.4) is 0 Å². The molecule has 1 unspecified atom stereocenters. The summed E-state index contributed by atoms with van der Waals surface area (Å²) in [6, 6.07) is 4.08. The Kier molecular flexibility index (Phi) is 4.84. The summed E-state index contributed by atoms with van der Waals surface area (Å²) < 4.78 is 5.23. The highest BCUT2D eigenvalue weighted by Gasteiger charge is 2.25. The summed E-state index contributed by atoms with van der Waals surface area (Å²) in [5.74, 6) is 1.24. The van der Waals surface area contributed by atoms with Crippen molar-refractivity contribution in [3.05, 3.63) is 23.4 Å². The molecular formula is C15H20N4O2S. The van der Waals surface area contributed by atoms with E-state index in [0.717, 1.165) is 30.7 Å². The number of amides is 1. The molecule has 0 saturated carbocycles. The van der Waals surface area contributed by atoms with Crippen molar-refractivity contribution in [2.24, 2.45) is 5.73 Å². The van der Waals surface area contributed by atoms with E-state index in [1.807, 2.05) is 22.4 Å². The maximum absolute atomic E-state index is 12.4.